The molecular weight excluding hydrogens is 331 g/mol. The van der Waals surface area contributed by atoms with E-state index in [1.807, 2.05) is 24.4 Å². The van der Waals surface area contributed by atoms with E-state index in [0.717, 1.165) is 44.0 Å². The van der Waals surface area contributed by atoms with Gasteiger partial charge in [-0.2, -0.15) is 0 Å². The second-order valence-corrected chi connectivity index (χ2v) is 6.60. The molecule has 1 fully saturated rings. The molecule has 138 valence electrons. The number of piperazine rings is 1. The second kappa shape index (κ2) is 9.40. The smallest absolute Gasteiger partial charge is 0.234 e. The molecule has 0 saturated carbocycles. The van der Waals surface area contributed by atoms with Crippen LogP contribution in [0, 0.1) is 5.82 Å². The minimum atomic E-state index is -0.236. The number of hydrogen-bond donors (Lipinski definition) is 1. The Morgan fingerprint density at radius 2 is 1.77 bits per heavy atom. The van der Waals surface area contributed by atoms with Crippen molar-refractivity contribution in [2.75, 3.05) is 39.3 Å². The molecule has 6 heteroatoms. The van der Waals surface area contributed by atoms with Crippen LogP contribution in [0.5, 0.6) is 0 Å². The molecule has 1 N–H and O–H groups in total. The van der Waals surface area contributed by atoms with Crippen molar-refractivity contribution in [3.05, 3.63) is 65.7 Å². The van der Waals surface area contributed by atoms with E-state index in [4.69, 9.17) is 0 Å². The van der Waals surface area contributed by atoms with Crippen LogP contribution >= 0.6 is 0 Å². The predicted molar refractivity (Wildman–Crippen MR) is 99.1 cm³/mol. The molecule has 1 aliphatic heterocycles. The zero-order chi connectivity index (χ0) is 18.2. The fourth-order valence-electron chi connectivity index (χ4n) is 3.08. The van der Waals surface area contributed by atoms with Crippen LogP contribution in [0.2, 0.25) is 0 Å². The summed E-state index contributed by atoms with van der Waals surface area (Å²) in [6.07, 6.45) is 2.53. The summed E-state index contributed by atoms with van der Waals surface area (Å²) in [7, 11) is 0. The number of aromatic nitrogens is 1. The van der Waals surface area contributed by atoms with Crippen molar-refractivity contribution < 1.29 is 9.18 Å². The number of pyridine rings is 1. The highest BCUT2D eigenvalue weighted by molar-refractivity contribution is 5.78. The van der Waals surface area contributed by atoms with Gasteiger partial charge in [-0.05, 0) is 36.2 Å². The highest BCUT2D eigenvalue weighted by atomic mass is 19.1. The quantitative estimate of drug-likeness (QED) is 0.820. The fraction of sp³-hybridized carbons (Fsp3) is 0.400. The first-order valence-corrected chi connectivity index (χ1v) is 9.05. The minimum absolute atomic E-state index is 0.0466. The summed E-state index contributed by atoms with van der Waals surface area (Å²) < 4.78 is 12.9. The first kappa shape index (κ1) is 18.5. The van der Waals surface area contributed by atoms with E-state index < -0.39 is 0 Å². The van der Waals surface area contributed by atoms with E-state index >= 15 is 0 Å². The van der Waals surface area contributed by atoms with E-state index in [1.54, 1.807) is 12.1 Å². The molecule has 0 atom stereocenters. The highest BCUT2D eigenvalue weighted by Crippen LogP contribution is 2.06. The standard InChI is InChI=1S/C20H25FN4O/c21-18-6-4-17(5-7-18)8-10-23-20(26)16-25-13-11-24(12-14-25)15-19-3-1-2-9-22-19/h1-7,9H,8,10-16H2,(H,23,26). The van der Waals surface area contributed by atoms with Crippen LogP contribution in [0.4, 0.5) is 4.39 Å². The third-order valence-corrected chi connectivity index (χ3v) is 4.59. The number of carbonyl (C=O) groups excluding carboxylic acids is 1. The number of carbonyl (C=O) groups is 1. The van der Waals surface area contributed by atoms with Crippen molar-refractivity contribution in [1.29, 1.82) is 0 Å². The molecule has 0 unspecified atom stereocenters. The van der Waals surface area contributed by atoms with Crippen LogP contribution < -0.4 is 5.32 Å². The van der Waals surface area contributed by atoms with Crippen molar-refractivity contribution in [1.82, 2.24) is 20.1 Å². The van der Waals surface area contributed by atoms with Crippen LogP contribution in [0.1, 0.15) is 11.3 Å². The summed E-state index contributed by atoms with van der Waals surface area (Å²) >= 11 is 0. The Hall–Kier alpha value is -2.31. The molecule has 2 heterocycles. The number of amides is 1. The lowest BCUT2D eigenvalue weighted by molar-refractivity contribution is -0.122. The Balaban J connectivity index is 1.32. The van der Waals surface area contributed by atoms with Gasteiger partial charge in [0.25, 0.3) is 0 Å². The van der Waals surface area contributed by atoms with Gasteiger partial charge in [-0.25, -0.2) is 4.39 Å². The summed E-state index contributed by atoms with van der Waals surface area (Å²) in [4.78, 5) is 21.0. The number of halogens is 1. The van der Waals surface area contributed by atoms with Crippen LogP contribution in [-0.4, -0.2) is 60.0 Å². The lowest BCUT2D eigenvalue weighted by Crippen LogP contribution is -2.49. The Kier molecular flexibility index (Phi) is 6.68. The van der Waals surface area contributed by atoms with E-state index in [9.17, 15) is 9.18 Å². The summed E-state index contributed by atoms with van der Waals surface area (Å²) in [5, 5.41) is 2.95. The minimum Gasteiger partial charge on any atom is -0.355 e. The van der Waals surface area contributed by atoms with Gasteiger partial charge in [0.2, 0.25) is 5.91 Å². The molecule has 26 heavy (non-hydrogen) atoms. The molecule has 0 spiro atoms. The maximum Gasteiger partial charge on any atom is 0.234 e. The molecule has 1 aromatic heterocycles. The first-order chi connectivity index (χ1) is 12.7. The van der Waals surface area contributed by atoms with Crippen LogP contribution in [0.15, 0.2) is 48.7 Å². The lowest BCUT2D eigenvalue weighted by atomic mass is 10.1. The van der Waals surface area contributed by atoms with Crippen molar-refractivity contribution in [3.8, 4) is 0 Å². The van der Waals surface area contributed by atoms with E-state index in [0.29, 0.717) is 19.5 Å². The van der Waals surface area contributed by atoms with Gasteiger partial charge in [-0.3, -0.25) is 19.6 Å². The molecule has 2 aromatic rings. The molecule has 1 amide bonds. The van der Waals surface area contributed by atoms with Gasteiger partial charge >= 0.3 is 0 Å². The molecule has 0 aliphatic carbocycles. The van der Waals surface area contributed by atoms with Crippen molar-refractivity contribution in [2.45, 2.75) is 13.0 Å². The predicted octanol–water partition coefficient (Wildman–Crippen LogP) is 1.70. The normalized spacial score (nSPS) is 15.7. The highest BCUT2D eigenvalue weighted by Gasteiger charge is 2.19. The number of nitrogens with zero attached hydrogens (tertiary/aromatic N) is 3. The number of benzene rings is 1. The Morgan fingerprint density at radius 1 is 1.04 bits per heavy atom. The molecule has 1 aromatic carbocycles. The fourth-order valence-corrected chi connectivity index (χ4v) is 3.08. The topological polar surface area (TPSA) is 48.5 Å². The number of hydrogen-bond acceptors (Lipinski definition) is 4. The third kappa shape index (κ3) is 5.89. The molecule has 0 bridgehead atoms. The summed E-state index contributed by atoms with van der Waals surface area (Å²) in [6.45, 7) is 5.53. The van der Waals surface area contributed by atoms with Gasteiger partial charge < -0.3 is 5.32 Å². The molecule has 1 aliphatic rings. The largest absolute Gasteiger partial charge is 0.355 e. The van der Waals surface area contributed by atoms with E-state index in [-0.39, 0.29) is 11.7 Å². The Morgan fingerprint density at radius 3 is 2.46 bits per heavy atom. The number of rotatable bonds is 7. The monoisotopic (exact) mass is 356 g/mol. The summed E-state index contributed by atoms with van der Waals surface area (Å²) in [5.74, 6) is -0.190. The van der Waals surface area contributed by atoms with Gasteiger partial charge in [0.1, 0.15) is 5.82 Å². The van der Waals surface area contributed by atoms with Crippen LogP contribution in [0.3, 0.4) is 0 Å². The van der Waals surface area contributed by atoms with Crippen molar-refractivity contribution in [2.24, 2.45) is 0 Å². The summed E-state index contributed by atoms with van der Waals surface area (Å²) in [6, 6.07) is 12.4. The SMILES string of the molecule is O=C(CN1CCN(Cc2ccccn2)CC1)NCCc1ccc(F)cc1. The first-order valence-electron chi connectivity index (χ1n) is 9.05. The average molecular weight is 356 g/mol. The molecule has 5 nitrogen and oxygen atoms in total. The van der Waals surface area contributed by atoms with Crippen molar-refractivity contribution >= 4 is 5.91 Å². The summed E-state index contributed by atoms with van der Waals surface area (Å²) in [5.41, 5.74) is 2.11. The van der Waals surface area contributed by atoms with Gasteiger partial charge in [0.15, 0.2) is 0 Å². The van der Waals surface area contributed by atoms with Crippen LogP contribution in [0.25, 0.3) is 0 Å². The van der Waals surface area contributed by atoms with Crippen LogP contribution in [-0.2, 0) is 17.8 Å². The Labute approximate surface area is 153 Å². The molecule has 3 rings (SSSR count). The maximum atomic E-state index is 12.9. The van der Waals surface area contributed by atoms with Crippen molar-refractivity contribution in [3.63, 3.8) is 0 Å². The van der Waals surface area contributed by atoms with E-state index in [2.05, 4.69) is 20.1 Å². The molecule has 0 radical (unpaired) electrons. The van der Waals surface area contributed by atoms with Gasteiger partial charge in [-0.1, -0.05) is 18.2 Å². The molecular formula is C20H25FN4O. The number of nitrogens with one attached hydrogen (secondary N) is 1. The second-order valence-electron chi connectivity index (χ2n) is 6.60. The van der Waals surface area contributed by atoms with Gasteiger partial charge in [-0.15, -0.1) is 0 Å². The van der Waals surface area contributed by atoms with Gasteiger partial charge in [0.05, 0.1) is 12.2 Å². The average Bonchev–Trinajstić information content (AvgIpc) is 2.66. The Bertz CT molecular complexity index is 685. The van der Waals surface area contributed by atoms with Gasteiger partial charge in [0, 0.05) is 45.5 Å². The molecule has 1 saturated heterocycles. The zero-order valence-electron chi connectivity index (χ0n) is 14.9. The third-order valence-electron chi connectivity index (χ3n) is 4.59. The lowest BCUT2D eigenvalue weighted by Gasteiger charge is -2.34. The van der Waals surface area contributed by atoms with E-state index in [1.165, 1.54) is 12.1 Å². The zero-order valence-corrected chi connectivity index (χ0v) is 14.9. The maximum absolute atomic E-state index is 12.9.